The highest BCUT2D eigenvalue weighted by Gasteiger charge is 2.20. The van der Waals surface area contributed by atoms with Crippen molar-refractivity contribution in [3.63, 3.8) is 0 Å². The molecule has 0 N–H and O–H groups in total. The summed E-state index contributed by atoms with van der Waals surface area (Å²) in [7, 11) is 2.40. The molecular formula is C12H9ClO4. The van der Waals surface area contributed by atoms with Crippen molar-refractivity contribution in [3.05, 3.63) is 33.8 Å². The normalized spacial score (nSPS) is 9.29. The molecule has 1 rings (SSSR count). The molecule has 0 amide bonds. The predicted octanol–water partition coefficient (Wildman–Crippen LogP) is 1.89. The summed E-state index contributed by atoms with van der Waals surface area (Å²) in [6.07, 6.45) is 5.22. The van der Waals surface area contributed by atoms with Gasteiger partial charge < -0.3 is 9.47 Å². The van der Waals surface area contributed by atoms with E-state index in [-0.39, 0.29) is 16.1 Å². The summed E-state index contributed by atoms with van der Waals surface area (Å²) < 4.78 is 9.10. The van der Waals surface area contributed by atoms with Crippen molar-refractivity contribution in [3.8, 4) is 12.3 Å². The molecule has 1 aromatic carbocycles. The van der Waals surface area contributed by atoms with Gasteiger partial charge in [0.2, 0.25) is 0 Å². The van der Waals surface area contributed by atoms with Crippen LogP contribution in [0.25, 0.3) is 0 Å². The number of carbonyl (C=O) groups is 2. The lowest BCUT2D eigenvalue weighted by Crippen LogP contribution is -2.12. The number of terminal acetylenes is 1. The number of benzene rings is 1. The molecule has 0 aliphatic heterocycles. The molecule has 0 saturated heterocycles. The highest BCUT2D eigenvalue weighted by Crippen LogP contribution is 2.22. The third kappa shape index (κ3) is 2.58. The predicted molar refractivity (Wildman–Crippen MR) is 62.1 cm³/mol. The summed E-state index contributed by atoms with van der Waals surface area (Å²) in [4.78, 5) is 23.0. The minimum absolute atomic E-state index is 0.0170. The van der Waals surface area contributed by atoms with Crippen LogP contribution in [0.5, 0.6) is 0 Å². The van der Waals surface area contributed by atoms with Gasteiger partial charge in [-0.2, -0.15) is 0 Å². The largest absolute Gasteiger partial charge is 0.465 e. The maximum Gasteiger partial charge on any atom is 0.338 e. The van der Waals surface area contributed by atoms with E-state index in [0.717, 1.165) is 0 Å². The van der Waals surface area contributed by atoms with E-state index in [1.807, 2.05) is 0 Å². The Kier molecular flexibility index (Phi) is 4.13. The fourth-order valence-electron chi connectivity index (χ4n) is 1.24. The van der Waals surface area contributed by atoms with E-state index >= 15 is 0 Å². The Labute approximate surface area is 103 Å². The standard InChI is InChI=1S/C12H9ClO4/c1-4-7-5-8(11(14)16-2)9(6-10(7)13)12(15)17-3/h1,5-6H,2-3H3. The molecule has 0 heterocycles. The van der Waals surface area contributed by atoms with E-state index in [1.54, 1.807) is 0 Å². The van der Waals surface area contributed by atoms with E-state index < -0.39 is 11.9 Å². The van der Waals surface area contributed by atoms with Crippen LogP contribution in [0.4, 0.5) is 0 Å². The van der Waals surface area contributed by atoms with Gasteiger partial charge in [-0.05, 0) is 12.1 Å². The molecule has 17 heavy (non-hydrogen) atoms. The van der Waals surface area contributed by atoms with Crippen LogP contribution in [0.15, 0.2) is 12.1 Å². The molecule has 4 nitrogen and oxygen atoms in total. The second kappa shape index (κ2) is 5.37. The van der Waals surface area contributed by atoms with Crippen molar-refractivity contribution in [2.45, 2.75) is 0 Å². The van der Waals surface area contributed by atoms with E-state index in [1.165, 1.54) is 26.4 Å². The minimum Gasteiger partial charge on any atom is -0.465 e. The highest BCUT2D eigenvalue weighted by molar-refractivity contribution is 6.32. The molecule has 1 aromatic rings. The summed E-state index contributed by atoms with van der Waals surface area (Å²) in [6, 6.07) is 2.61. The van der Waals surface area contributed by atoms with Crippen molar-refractivity contribution in [1.29, 1.82) is 0 Å². The SMILES string of the molecule is C#Cc1cc(C(=O)OC)c(C(=O)OC)cc1Cl. The number of ether oxygens (including phenoxy) is 2. The highest BCUT2D eigenvalue weighted by atomic mass is 35.5. The summed E-state index contributed by atoms with van der Waals surface area (Å²) in [5.74, 6) is 0.941. The van der Waals surface area contributed by atoms with E-state index in [0.29, 0.717) is 5.56 Å². The first kappa shape index (κ1) is 13.1. The van der Waals surface area contributed by atoms with Crippen molar-refractivity contribution >= 4 is 23.5 Å². The lowest BCUT2D eigenvalue weighted by Gasteiger charge is -2.08. The molecule has 0 unspecified atom stereocenters. The van der Waals surface area contributed by atoms with Gasteiger partial charge in [-0.15, -0.1) is 6.42 Å². The molecule has 0 radical (unpaired) electrons. The topological polar surface area (TPSA) is 52.6 Å². The summed E-state index contributed by atoms with van der Waals surface area (Å²) in [5, 5.41) is 0.195. The van der Waals surface area contributed by atoms with Gasteiger partial charge in [0.25, 0.3) is 0 Å². The van der Waals surface area contributed by atoms with Crippen LogP contribution < -0.4 is 0 Å². The number of carbonyl (C=O) groups excluding carboxylic acids is 2. The van der Waals surface area contributed by atoms with E-state index in [4.69, 9.17) is 18.0 Å². The van der Waals surface area contributed by atoms with E-state index in [2.05, 4.69) is 15.4 Å². The maximum atomic E-state index is 11.5. The third-order valence-electron chi connectivity index (χ3n) is 2.07. The molecular weight excluding hydrogens is 244 g/mol. The quantitative estimate of drug-likeness (QED) is 0.596. The second-order valence-electron chi connectivity index (χ2n) is 3.01. The zero-order valence-electron chi connectivity index (χ0n) is 9.24. The van der Waals surface area contributed by atoms with Gasteiger partial charge in [0, 0.05) is 5.56 Å². The number of hydrogen-bond acceptors (Lipinski definition) is 4. The number of halogens is 1. The lowest BCUT2D eigenvalue weighted by atomic mass is 10.0. The smallest absolute Gasteiger partial charge is 0.338 e. The van der Waals surface area contributed by atoms with Crippen molar-refractivity contribution in [1.82, 2.24) is 0 Å². The van der Waals surface area contributed by atoms with Crippen LogP contribution in [0, 0.1) is 12.3 Å². The van der Waals surface area contributed by atoms with Crippen LogP contribution >= 0.6 is 11.6 Å². The average Bonchev–Trinajstić information content (AvgIpc) is 2.36. The Morgan fingerprint density at radius 2 is 1.65 bits per heavy atom. The summed E-state index contributed by atoms with van der Waals surface area (Å²) in [6.45, 7) is 0. The first-order chi connectivity index (χ1) is 8.04. The molecule has 0 spiro atoms. The van der Waals surface area contributed by atoms with Crippen molar-refractivity contribution < 1.29 is 19.1 Å². The zero-order chi connectivity index (χ0) is 13.0. The first-order valence-electron chi connectivity index (χ1n) is 4.52. The molecule has 0 aliphatic rings. The maximum absolute atomic E-state index is 11.5. The minimum atomic E-state index is -0.684. The Morgan fingerprint density at radius 1 is 1.18 bits per heavy atom. The molecule has 0 aliphatic carbocycles. The van der Waals surface area contributed by atoms with Gasteiger partial charge in [0.15, 0.2) is 0 Å². The Hall–Kier alpha value is -1.99. The molecule has 5 heteroatoms. The number of esters is 2. The second-order valence-corrected chi connectivity index (χ2v) is 3.41. The van der Waals surface area contributed by atoms with Gasteiger partial charge in [-0.3, -0.25) is 0 Å². The zero-order valence-corrected chi connectivity index (χ0v) is 10.00. The fourth-order valence-corrected chi connectivity index (χ4v) is 1.46. The Balaban J connectivity index is 3.48. The Bertz CT molecular complexity index is 514. The molecule has 0 atom stereocenters. The Morgan fingerprint density at radius 3 is 2.06 bits per heavy atom. The van der Waals surface area contributed by atoms with Gasteiger partial charge in [0.05, 0.1) is 30.4 Å². The molecule has 0 aromatic heterocycles. The number of rotatable bonds is 2. The van der Waals surface area contributed by atoms with E-state index in [9.17, 15) is 9.59 Å². The lowest BCUT2D eigenvalue weighted by molar-refractivity contribution is 0.0555. The van der Waals surface area contributed by atoms with Crippen LogP contribution in [0.1, 0.15) is 26.3 Å². The van der Waals surface area contributed by atoms with Crippen molar-refractivity contribution in [2.75, 3.05) is 14.2 Å². The van der Waals surface area contributed by atoms with Crippen LogP contribution in [0.2, 0.25) is 5.02 Å². The molecule has 0 saturated carbocycles. The molecule has 0 fully saturated rings. The van der Waals surface area contributed by atoms with Crippen LogP contribution in [0.3, 0.4) is 0 Å². The van der Waals surface area contributed by atoms with Crippen molar-refractivity contribution in [2.24, 2.45) is 0 Å². The fraction of sp³-hybridized carbons (Fsp3) is 0.167. The first-order valence-corrected chi connectivity index (χ1v) is 4.89. The molecule has 0 bridgehead atoms. The summed E-state index contributed by atoms with van der Waals surface area (Å²) >= 11 is 5.85. The van der Waals surface area contributed by atoms with Gasteiger partial charge in [-0.25, -0.2) is 9.59 Å². The van der Waals surface area contributed by atoms with Gasteiger partial charge >= 0.3 is 11.9 Å². The van der Waals surface area contributed by atoms with Crippen LogP contribution in [-0.4, -0.2) is 26.2 Å². The van der Waals surface area contributed by atoms with Crippen LogP contribution in [-0.2, 0) is 9.47 Å². The van der Waals surface area contributed by atoms with Gasteiger partial charge in [-0.1, -0.05) is 17.5 Å². The summed E-state index contributed by atoms with van der Waals surface area (Å²) in [5.41, 5.74) is 0.347. The molecule has 88 valence electrons. The number of methoxy groups -OCH3 is 2. The number of hydrogen-bond donors (Lipinski definition) is 0. The third-order valence-corrected chi connectivity index (χ3v) is 2.39. The monoisotopic (exact) mass is 252 g/mol. The van der Waals surface area contributed by atoms with Gasteiger partial charge in [0.1, 0.15) is 0 Å². The average molecular weight is 253 g/mol.